The molecule has 0 aliphatic rings. The number of aromatic nitrogens is 1. The molecule has 21 heavy (non-hydrogen) atoms. The molecule has 0 fully saturated rings. The summed E-state index contributed by atoms with van der Waals surface area (Å²) in [6.07, 6.45) is 14.6. The normalized spacial score (nSPS) is 11.0. The van der Waals surface area contributed by atoms with E-state index in [9.17, 15) is 0 Å². The second-order valence-corrected chi connectivity index (χ2v) is 5.97. The quantitative estimate of drug-likeness (QED) is 0.424. The van der Waals surface area contributed by atoms with Crippen molar-refractivity contribution < 1.29 is 9.30 Å². The molecule has 1 heterocycles. The van der Waals surface area contributed by atoms with Crippen molar-refractivity contribution >= 4 is 0 Å². The molecule has 1 aromatic heterocycles. The van der Waals surface area contributed by atoms with Crippen LogP contribution in [0.15, 0.2) is 12.4 Å². The SMILES string of the molecule is CCCCCCCCOC[n+]1cc(C)c(CC)c(CC)c1. The Labute approximate surface area is 131 Å². The third kappa shape index (κ3) is 6.60. The van der Waals surface area contributed by atoms with E-state index in [1.54, 1.807) is 0 Å². The van der Waals surface area contributed by atoms with Gasteiger partial charge in [-0.15, -0.1) is 0 Å². The lowest BCUT2D eigenvalue weighted by Crippen LogP contribution is -2.36. The van der Waals surface area contributed by atoms with Crippen LogP contribution < -0.4 is 4.57 Å². The number of pyridine rings is 1. The first-order valence-electron chi connectivity index (χ1n) is 8.82. The molecule has 1 rings (SSSR count). The first kappa shape index (κ1) is 18.2. The first-order chi connectivity index (χ1) is 10.2. The summed E-state index contributed by atoms with van der Waals surface area (Å²) in [6.45, 7) is 10.5. The van der Waals surface area contributed by atoms with Gasteiger partial charge in [-0.2, -0.15) is 4.57 Å². The van der Waals surface area contributed by atoms with Gasteiger partial charge in [0.2, 0.25) is 0 Å². The van der Waals surface area contributed by atoms with Gasteiger partial charge < -0.3 is 4.74 Å². The zero-order chi connectivity index (χ0) is 15.5. The molecule has 0 saturated heterocycles. The summed E-state index contributed by atoms with van der Waals surface area (Å²) in [5.74, 6) is 0. The minimum atomic E-state index is 0.687. The minimum absolute atomic E-state index is 0.687. The number of aryl methyl sites for hydroxylation is 2. The molecule has 0 radical (unpaired) electrons. The van der Waals surface area contributed by atoms with Gasteiger partial charge in [0.15, 0.2) is 12.4 Å². The number of hydrogen-bond donors (Lipinski definition) is 0. The number of ether oxygens (including phenoxy) is 1. The Morgan fingerprint density at radius 1 is 0.905 bits per heavy atom. The number of hydrogen-bond acceptors (Lipinski definition) is 1. The second-order valence-electron chi connectivity index (χ2n) is 5.97. The Kier molecular flexibility index (Phi) is 9.32. The lowest BCUT2D eigenvalue weighted by molar-refractivity contribution is -0.733. The van der Waals surface area contributed by atoms with Crippen molar-refractivity contribution in [1.82, 2.24) is 0 Å². The highest BCUT2D eigenvalue weighted by Gasteiger charge is 2.10. The third-order valence-electron chi connectivity index (χ3n) is 4.16. The summed E-state index contributed by atoms with van der Waals surface area (Å²) in [7, 11) is 0. The lowest BCUT2D eigenvalue weighted by Gasteiger charge is -2.08. The second kappa shape index (κ2) is 10.8. The van der Waals surface area contributed by atoms with Gasteiger partial charge >= 0.3 is 0 Å². The number of unbranched alkanes of at least 4 members (excludes halogenated alkanes) is 5. The maximum Gasteiger partial charge on any atom is 0.252 e. The van der Waals surface area contributed by atoms with Crippen LogP contribution in [0.25, 0.3) is 0 Å². The molecule has 0 aliphatic carbocycles. The Morgan fingerprint density at radius 3 is 2.29 bits per heavy atom. The van der Waals surface area contributed by atoms with E-state index >= 15 is 0 Å². The fraction of sp³-hybridized carbons (Fsp3) is 0.737. The molecular weight excluding hydrogens is 258 g/mol. The highest BCUT2D eigenvalue weighted by Crippen LogP contribution is 2.13. The summed E-state index contributed by atoms with van der Waals surface area (Å²) < 4.78 is 8.02. The number of rotatable bonds is 11. The lowest BCUT2D eigenvalue weighted by atomic mass is 10.0. The van der Waals surface area contributed by atoms with Gasteiger partial charge in [0.25, 0.3) is 6.73 Å². The van der Waals surface area contributed by atoms with E-state index in [0.717, 1.165) is 19.4 Å². The van der Waals surface area contributed by atoms with Crippen LogP contribution in [-0.2, 0) is 24.3 Å². The van der Waals surface area contributed by atoms with Crippen molar-refractivity contribution in [2.45, 2.75) is 85.8 Å². The Bertz CT molecular complexity index is 401. The van der Waals surface area contributed by atoms with E-state index < -0.39 is 0 Å². The average molecular weight is 292 g/mol. The molecule has 2 heteroatoms. The summed E-state index contributed by atoms with van der Waals surface area (Å²) in [4.78, 5) is 0. The Hall–Kier alpha value is -0.890. The third-order valence-corrected chi connectivity index (χ3v) is 4.16. The molecule has 0 aliphatic heterocycles. The molecule has 0 N–H and O–H groups in total. The van der Waals surface area contributed by atoms with Crippen molar-refractivity contribution in [3.05, 3.63) is 29.1 Å². The standard InChI is InChI=1S/C19H34NO/c1-5-8-9-10-11-12-13-21-16-20-14-17(4)19(7-3)18(6-2)15-20/h14-15H,5-13,16H2,1-4H3/q+1. The van der Waals surface area contributed by atoms with Crippen LogP contribution in [0.5, 0.6) is 0 Å². The van der Waals surface area contributed by atoms with Crippen molar-refractivity contribution in [3.63, 3.8) is 0 Å². The van der Waals surface area contributed by atoms with Crippen LogP contribution in [0.2, 0.25) is 0 Å². The van der Waals surface area contributed by atoms with Crippen molar-refractivity contribution in [3.8, 4) is 0 Å². The topological polar surface area (TPSA) is 13.1 Å². The van der Waals surface area contributed by atoms with Gasteiger partial charge in [0, 0.05) is 11.1 Å². The summed E-state index contributed by atoms with van der Waals surface area (Å²) >= 11 is 0. The summed E-state index contributed by atoms with van der Waals surface area (Å²) in [5.41, 5.74) is 4.35. The van der Waals surface area contributed by atoms with E-state index in [1.807, 2.05) is 0 Å². The smallest absolute Gasteiger partial charge is 0.252 e. The highest BCUT2D eigenvalue weighted by atomic mass is 16.5. The number of nitrogens with zero attached hydrogens (tertiary/aromatic N) is 1. The monoisotopic (exact) mass is 292 g/mol. The molecule has 0 saturated carbocycles. The maximum atomic E-state index is 5.82. The van der Waals surface area contributed by atoms with E-state index in [0.29, 0.717) is 6.73 Å². The van der Waals surface area contributed by atoms with E-state index in [2.05, 4.69) is 44.7 Å². The molecule has 0 amide bonds. The largest absolute Gasteiger partial charge is 0.323 e. The zero-order valence-electron chi connectivity index (χ0n) is 14.6. The first-order valence-corrected chi connectivity index (χ1v) is 8.82. The molecule has 0 spiro atoms. The van der Waals surface area contributed by atoms with Crippen LogP contribution in [-0.4, -0.2) is 6.61 Å². The van der Waals surface area contributed by atoms with Crippen LogP contribution in [0.3, 0.4) is 0 Å². The maximum absolute atomic E-state index is 5.82. The van der Waals surface area contributed by atoms with E-state index in [1.165, 1.54) is 55.2 Å². The van der Waals surface area contributed by atoms with Crippen molar-refractivity contribution in [2.24, 2.45) is 0 Å². The highest BCUT2D eigenvalue weighted by molar-refractivity contribution is 5.28. The van der Waals surface area contributed by atoms with Gasteiger partial charge in [-0.05, 0) is 31.7 Å². The average Bonchev–Trinajstić information content (AvgIpc) is 2.49. The van der Waals surface area contributed by atoms with Crippen molar-refractivity contribution in [2.75, 3.05) is 6.61 Å². The molecule has 0 unspecified atom stereocenters. The van der Waals surface area contributed by atoms with Gasteiger partial charge in [-0.3, -0.25) is 0 Å². The predicted octanol–water partition coefficient (Wildman–Crippen LogP) is 4.74. The van der Waals surface area contributed by atoms with Crippen LogP contribution in [0, 0.1) is 6.92 Å². The zero-order valence-corrected chi connectivity index (χ0v) is 14.6. The predicted molar refractivity (Wildman–Crippen MR) is 89.5 cm³/mol. The van der Waals surface area contributed by atoms with Crippen LogP contribution in [0.1, 0.15) is 76.0 Å². The fourth-order valence-corrected chi connectivity index (χ4v) is 2.93. The molecular formula is C19H34NO+. The van der Waals surface area contributed by atoms with E-state index in [4.69, 9.17) is 4.74 Å². The van der Waals surface area contributed by atoms with Gasteiger partial charge in [-0.1, -0.05) is 52.9 Å². The molecule has 2 nitrogen and oxygen atoms in total. The summed E-state index contributed by atoms with van der Waals surface area (Å²) in [6, 6.07) is 0. The Morgan fingerprint density at radius 2 is 1.62 bits per heavy atom. The van der Waals surface area contributed by atoms with E-state index in [-0.39, 0.29) is 0 Å². The molecule has 0 atom stereocenters. The Balaban J connectivity index is 2.31. The van der Waals surface area contributed by atoms with Crippen LogP contribution >= 0.6 is 0 Å². The summed E-state index contributed by atoms with van der Waals surface area (Å²) in [5, 5.41) is 0. The molecule has 1 aromatic rings. The van der Waals surface area contributed by atoms with Gasteiger partial charge in [0.1, 0.15) is 0 Å². The van der Waals surface area contributed by atoms with Crippen LogP contribution in [0.4, 0.5) is 0 Å². The van der Waals surface area contributed by atoms with Gasteiger partial charge in [0.05, 0.1) is 6.61 Å². The van der Waals surface area contributed by atoms with Crippen molar-refractivity contribution in [1.29, 1.82) is 0 Å². The fourth-order valence-electron chi connectivity index (χ4n) is 2.93. The molecule has 120 valence electrons. The molecule has 0 bridgehead atoms. The van der Waals surface area contributed by atoms with Gasteiger partial charge in [-0.25, -0.2) is 0 Å². The minimum Gasteiger partial charge on any atom is -0.323 e. The molecule has 0 aromatic carbocycles.